The van der Waals surface area contributed by atoms with Gasteiger partial charge in [0.2, 0.25) is 0 Å². The second-order valence-corrected chi connectivity index (χ2v) is 7.95. The van der Waals surface area contributed by atoms with Crippen LogP contribution >= 0.6 is 11.6 Å². The Kier molecular flexibility index (Phi) is 6.04. The molecule has 30 heavy (non-hydrogen) atoms. The number of ether oxygens (including phenoxy) is 1. The van der Waals surface area contributed by atoms with Gasteiger partial charge in [-0.3, -0.25) is 9.78 Å². The van der Waals surface area contributed by atoms with Crippen LogP contribution in [0.3, 0.4) is 0 Å². The highest BCUT2D eigenvalue weighted by Crippen LogP contribution is 2.38. The number of rotatable bonds is 2. The van der Waals surface area contributed by atoms with Crippen molar-refractivity contribution in [2.24, 2.45) is 0 Å². The number of fused-ring (bicyclic) bond motifs is 2. The third-order valence-electron chi connectivity index (χ3n) is 5.75. The number of urea groups is 1. The van der Waals surface area contributed by atoms with Crippen molar-refractivity contribution in [2.75, 3.05) is 26.7 Å². The van der Waals surface area contributed by atoms with Gasteiger partial charge in [0, 0.05) is 29.9 Å². The van der Waals surface area contributed by atoms with E-state index >= 15 is 0 Å². The minimum absolute atomic E-state index is 0.120. The topological polar surface area (TPSA) is 71.5 Å². The summed E-state index contributed by atoms with van der Waals surface area (Å²) in [6, 6.07) is 9.97. The number of aromatic nitrogens is 1. The molecule has 1 N–H and O–H groups in total. The highest BCUT2D eigenvalue weighted by atomic mass is 35.5. The molecule has 156 valence electrons. The van der Waals surface area contributed by atoms with E-state index in [9.17, 15) is 9.59 Å². The lowest BCUT2D eigenvalue weighted by atomic mass is 9.88. The molecule has 1 aromatic carbocycles. The van der Waals surface area contributed by atoms with Gasteiger partial charge in [-0.15, -0.1) is 0 Å². The lowest BCUT2D eigenvalue weighted by Crippen LogP contribution is -2.45. The van der Waals surface area contributed by atoms with E-state index < -0.39 is 5.97 Å². The van der Waals surface area contributed by atoms with E-state index in [0.717, 1.165) is 36.4 Å². The molecule has 1 aromatic heterocycles. The number of methoxy groups -OCH3 is 1. The Bertz CT molecular complexity index is 1010. The van der Waals surface area contributed by atoms with Gasteiger partial charge in [0.1, 0.15) is 6.54 Å². The molecule has 2 aromatic rings. The van der Waals surface area contributed by atoms with Crippen LogP contribution in [0.4, 0.5) is 4.79 Å². The van der Waals surface area contributed by atoms with E-state index in [1.165, 1.54) is 34.9 Å². The van der Waals surface area contributed by atoms with Crippen LogP contribution in [0, 0.1) is 0 Å². The van der Waals surface area contributed by atoms with Gasteiger partial charge < -0.3 is 15.0 Å². The molecule has 1 saturated heterocycles. The maximum absolute atomic E-state index is 12.4. The molecule has 1 aliphatic heterocycles. The molecule has 0 spiro atoms. The molecule has 6 nitrogen and oxygen atoms in total. The molecule has 0 radical (unpaired) electrons. The number of hydrogen-bond acceptors (Lipinski definition) is 4. The van der Waals surface area contributed by atoms with Crippen LogP contribution in [0.15, 0.2) is 42.1 Å². The normalized spacial score (nSPS) is 15.7. The molecular formula is C23H24ClN3O3. The third kappa shape index (κ3) is 4.19. The van der Waals surface area contributed by atoms with E-state index in [0.29, 0.717) is 13.1 Å². The first-order valence-electron chi connectivity index (χ1n) is 10.1. The number of hydrogen-bond donors (Lipinski definition) is 1. The molecule has 0 bridgehead atoms. The smallest absolute Gasteiger partial charge is 0.325 e. The average Bonchev–Trinajstić information content (AvgIpc) is 2.94. The van der Waals surface area contributed by atoms with E-state index in [2.05, 4.69) is 28.3 Å². The molecule has 0 saturated carbocycles. The lowest BCUT2D eigenvalue weighted by molar-refractivity contribution is -0.139. The molecule has 0 atom stereocenters. The zero-order valence-electron chi connectivity index (χ0n) is 16.9. The Morgan fingerprint density at radius 1 is 1.13 bits per heavy atom. The summed E-state index contributed by atoms with van der Waals surface area (Å²) in [5, 5.41) is 3.36. The van der Waals surface area contributed by atoms with Crippen LogP contribution in [0.25, 0.3) is 5.57 Å². The summed E-state index contributed by atoms with van der Waals surface area (Å²) in [4.78, 5) is 30.1. The van der Waals surface area contributed by atoms with Crippen LogP contribution in [-0.4, -0.2) is 48.6 Å². The zero-order valence-corrected chi connectivity index (χ0v) is 17.7. The Balaban J connectivity index is 1.62. The van der Waals surface area contributed by atoms with Crippen molar-refractivity contribution in [3.8, 4) is 0 Å². The van der Waals surface area contributed by atoms with Gasteiger partial charge in [-0.1, -0.05) is 29.3 Å². The molecule has 1 aliphatic carbocycles. The van der Waals surface area contributed by atoms with Crippen molar-refractivity contribution in [1.82, 2.24) is 15.2 Å². The SMILES string of the molecule is COC(=O)CNC(=O)N1CCC(=C2c3ccc(Cl)cc3CCc3cccnc32)CC1. The highest BCUT2D eigenvalue weighted by molar-refractivity contribution is 6.30. The predicted molar refractivity (Wildman–Crippen MR) is 115 cm³/mol. The van der Waals surface area contributed by atoms with Gasteiger partial charge in [0.05, 0.1) is 12.8 Å². The molecule has 4 rings (SSSR count). The Morgan fingerprint density at radius 2 is 1.90 bits per heavy atom. The summed E-state index contributed by atoms with van der Waals surface area (Å²) >= 11 is 6.28. The monoisotopic (exact) mass is 425 g/mol. The Labute approximate surface area is 180 Å². The predicted octanol–water partition coefficient (Wildman–Crippen LogP) is 3.61. The fourth-order valence-electron chi connectivity index (χ4n) is 4.19. The number of aryl methyl sites for hydroxylation is 2. The quantitative estimate of drug-likeness (QED) is 0.746. The number of carbonyl (C=O) groups is 2. The number of amides is 2. The summed E-state index contributed by atoms with van der Waals surface area (Å²) in [7, 11) is 1.30. The molecule has 2 amide bonds. The number of nitrogens with zero attached hydrogens (tertiary/aromatic N) is 2. The van der Waals surface area contributed by atoms with Crippen molar-refractivity contribution < 1.29 is 14.3 Å². The Hall–Kier alpha value is -2.86. The van der Waals surface area contributed by atoms with Gasteiger partial charge in [-0.2, -0.15) is 0 Å². The minimum atomic E-state index is -0.459. The lowest BCUT2D eigenvalue weighted by Gasteiger charge is -2.30. The summed E-state index contributed by atoms with van der Waals surface area (Å²) < 4.78 is 4.58. The van der Waals surface area contributed by atoms with Crippen LogP contribution in [0.2, 0.25) is 5.02 Å². The number of benzene rings is 1. The van der Waals surface area contributed by atoms with Gasteiger partial charge in [-0.05, 0) is 60.6 Å². The number of piperidine rings is 1. The van der Waals surface area contributed by atoms with Crippen molar-refractivity contribution in [2.45, 2.75) is 25.7 Å². The summed E-state index contributed by atoms with van der Waals surface area (Å²) in [5.41, 5.74) is 7.20. The number of pyridine rings is 1. The number of esters is 1. The second-order valence-electron chi connectivity index (χ2n) is 7.51. The van der Waals surface area contributed by atoms with E-state index in [-0.39, 0.29) is 12.6 Å². The first-order valence-corrected chi connectivity index (χ1v) is 10.5. The first-order chi connectivity index (χ1) is 14.6. The van der Waals surface area contributed by atoms with E-state index in [4.69, 9.17) is 16.6 Å². The number of nitrogens with one attached hydrogen (secondary N) is 1. The summed E-state index contributed by atoms with van der Waals surface area (Å²) in [6.07, 6.45) is 5.22. The van der Waals surface area contributed by atoms with Crippen LogP contribution in [-0.2, 0) is 22.4 Å². The van der Waals surface area contributed by atoms with Crippen LogP contribution < -0.4 is 5.32 Å². The van der Waals surface area contributed by atoms with Crippen molar-refractivity contribution in [3.63, 3.8) is 0 Å². The average molecular weight is 426 g/mol. The van der Waals surface area contributed by atoms with Crippen LogP contribution in [0.1, 0.15) is 35.2 Å². The fraction of sp³-hybridized carbons (Fsp3) is 0.348. The van der Waals surface area contributed by atoms with E-state index in [1.54, 1.807) is 4.90 Å². The van der Waals surface area contributed by atoms with Crippen molar-refractivity contribution >= 4 is 29.2 Å². The second kappa shape index (κ2) is 8.88. The highest BCUT2D eigenvalue weighted by Gasteiger charge is 2.26. The molecule has 1 fully saturated rings. The van der Waals surface area contributed by atoms with Crippen LogP contribution in [0.5, 0.6) is 0 Å². The van der Waals surface area contributed by atoms with Gasteiger partial charge in [-0.25, -0.2) is 4.79 Å². The molecule has 2 aliphatic rings. The number of halogens is 1. The Morgan fingerprint density at radius 3 is 2.67 bits per heavy atom. The summed E-state index contributed by atoms with van der Waals surface area (Å²) in [5.74, 6) is -0.459. The molecule has 2 heterocycles. The van der Waals surface area contributed by atoms with Gasteiger partial charge in [0.15, 0.2) is 0 Å². The largest absolute Gasteiger partial charge is 0.468 e. The zero-order chi connectivity index (χ0) is 21.1. The standard InChI is InChI=1S/C23H24ClN3O3/c1-30-20(28)14-26-23(29)27-11-8-15(9-12-27)21-19-7-6-18(24)13-17(19)5-4-16-3-2-10-25-22(16)21/h2-3,6-7,10,13H,4-5,8-9,11-12,14H2,1H3,(H,26,29). The minimum Gasteiger partial charge on any atom is -0.468 e. The molecular weight excluding hydrogens is 402 g/mol. The third-order valence-corrected chi connectivity index (χ3v) is 5.98. The molecule has 7 heteroatoms. The summed E-state index contributed by atoms with van der Waals surface area (Å²) in [6.45, 7) is 1.07. The van der Waals surface area contributed by atoms with Crippen molar-refractivity contribution in [1.29, 1.82) is 0 Å². The number of likely N-dealkylation sites (tertiary alicyclic amines) is 1. The first kappa shape index (κ1) is 20.4. The van der Waals surface area contributed by atoms with E-state index in [1.807, 2.05) is 18.3 Å². The maximum Gasteiger partial charge on any atom is 0.325 e. The van der Waals surface area contributed by atoms with Gasteiger partial charge in [0.25, 0.3) is 0 Å². The van der Waals surface area contributed by atoms with Crippen molar-refractivity contribution in [3.05, 3.63) is 69.5 Å². The number of carbonyl (C=O) groups excluding carboxylic acids is 2. The molecule has 0 unspecified atom stereocenters. The maximum atomic E-state index is 12.4. The van der Waals surface area contributed by atoms with Gasteiger partial charge >= 0.3 is 12.0 Å². The fourth-order valence-corrected chi connectivity index (χ4v) is 4.39.